The maximum Gasteiger partial charge on any atom is 0.485 e. The summed E-state index contributed by atoms with van der Waals surface area (Å²) >= 11 is 0. The van der Waals surface area contributed by atoms with Crippen LogP contribution >= 0.6 is 0 Å². The number of fused-ring (bicyclic) bond motifs is 2. The van der Waals surface area contributed by atoms with Gasteiger partial charge in [-0.3, -0.25) is 0 Å². The molecule has 0 spiro atoms. The fraction of sp³-hybridized carbons (Fsp3) is 0.167. The molecular formula is C24H17F6NO7S. The number of pyridine rings is 1. The van der Waals surface area contributed by atoms with E-state index in [9.17, 15) is 31.1 Å². The summed E-state index contributed by atoms with van der Waals surface area (Å²) in [6.45, 7) is 0. The van der Waals surface area contributed by atoms with Crippen molar-refractivity contribution in [3.8, 4) is 17.2 Å². The molecule has 1 heterocycles. The number of aryl methyl sites for hydroxylation is 1. The lowest BCUT2D eigenvalue weighted by molar-refractivity contribution is -0.617. The molecule has 0 aliphatic carbocycles. The number of carbonyl (C=O) groups excluding carboxylic acids is 1. The molecule has 39 heavy (non-hydrogen) atoms. The van der Waals surface area contributed by atoms with E-state index in [2.05, 4.69) is 0 Å². The number of methoxy groups -OCH3 is 2. The summed E-state index contributed by atoms with van der Waals surface area (Å²) in [4.78, 5) is 13.2. The van der Waals surface area contributed by atoms with Crippen molar-refractivity contribution in [2.45, 2.75) is 5.51 Å². The van der Waals surface area contributed by atoms with Gasteiger partial charge in [-0.25, -0.2) is 22.0 Å². The SMILES string of the molecule is COc1ccc2c(c1)c(C(=O)Oc1c(F)ccc(F)c1F)c1cc(OC)ccc1[n+]2C.O=S(=O)([O-])C(F)(F)F. The van der Waals surface area contributed by atoms with E-state index in [4.69, 9.17) is 27.2 Å². The molecule has 0 amide bonds. The van der Waals surface area contributed by atoms with Crippen LogP contribution in [0.3, 0.4) is 0 Å². The lowest BCUT2D eigenvalue weighted by Crippen LogP contribution is -2.31. The Labute approximate surface area is 216 Å². The van der Waals surface area contributed by atoms with E-state index in [1.54, 1.807) is 36.4 Å². The zero-order valence-corrected chi connectivity index (χ0v) is 20.9. The van der Waals surface area contributed by atoms with Gasteiger partial charge in [-0.1, -0.05) is 0 Å². The van der Waals surface area contributed by atoms with Gasteiger partial charge in [-0.05, 0) is 36.4 Å². The fourth-order valence-electron chi connectivity index (χ4n) is 3.51. The summed E-state index contributed by atoms with van der Waals surface area (Å²) in [5.74, 6) is -5.34. The summed E-state index contributed by atoms with van der Waals surface area (Å²) < 4.78 is 118. The Morgan fingerprint density at radius 1 is 0.846 bits per heavy atom. The molecule has 15 heteroatoms. The van der Waals surface area contributed by atoms with Gasteiger partial charge in [0.2, 0.25) is 22.6 Å². The first-order valence-corrected chi connectivity index (χ1v) is 11.9. The van der Waals surface area contributed by atoms with Crippen molar-refractivity contribution in [1.29, 1.82) is 0 Å². The molecule has 4 aromatic rings. The van der Waals surface area contributed by atoms with E-state index in [0.29, 0.717) is 45.4 Å². The second-order valence-electron chi connectivity index (χ2n) is 7.66. The number of nitrogens with zero attached hydrogens (tertiary/aromatic N) is 1. The number of ether oxygens (including phenoxy) is 3. The molecule has 0 N–H and O–H groups in total. The van der Waals surface area contributed by atoms with Crippen LogP contribution in [-0.4, -0.2) is 38.7 Å². The van der Waals surface area contributed by atoms with Crippen molar-refractivity contribution in [2.24, 2.45) is 7.05 Å². The molecule has 0 saturated heterocycles. The number of carbonyl (C=O) groups is 1. The third-order valence-corrected chi connectivity index (χ3v) is 5.92. The Morgan fingerprint density at radius 2 is 1.28 bits per heavy atom. The van der Waals surface area contributed by atoms with Crippen molar-refractivity contribution < 1.29 is 62.9 Å². The summed E-state index contributed by atoms with van der Waals surface area (Å²) in [6.07, 6.45) is 0. The zero-order valence-electron chi connectivity index (χ0n) is 20.1. The largest absolute Gasteiger partial charge is 0.741 e. The smallest absolute Gasteiger partial charge is 0.485 e. The molecule has 0 fully saturated rings. The minimum atomic E-state index is -6.09. The highest BCUT2D eigenvalue weighted by Gasteiger charge is 2.37. The number of hydrogen-bond acceptors (Lipinski definition) is 7. The van der Waals surface area contributed by atoms with Gasteiger partial charge in [-0.2, -0.15) is 22.1 Å². The number of hydrogen-bond donors (Lipinski definition) is 0. The van der Waals surface area contributed by atoms with Crippen LogP contribution in [-0.2, 0) is 17.2 Å². The lowest BCUT2D eigenvalue weighted by Gasteiger charge is -2.12. The molecule has 8 nitrogen and oxygen atoms in total. The van der Waals surface area contributed by atoms with E-state index in [1.807, 2.05) is 11.6 Å². The summed E-state index contributed by atoms with van der Waals surface area (Å²) in [5, 5.41) is 0.842. The average molecular weight is 577 g/mol. The molecule has 0 aliphatic rings. The van der Waals surface area contributed by atoms with Crippen LogP contribution in [0.2, 0.25) is 0 Å². The Bertz CT molecular complexity index is 1630. The zero-order chi connectivity index (χ0) is 29.3. The van der Waals surface area contributed by atoms with Gasteiger partial charge in [0, 0.05) is 12.1 Å². The Kier molecular flexibility index (Phi) is 8.26. The highest BCUT2D eigenvalue weighted by Crippen LogP contribution is 2.32. The molecule has 208 valence electrons. The van der Waals surface area contributed by atoms with Crippen molar-refractivity contribution in [3.63, 3.8) is 0 Å². The molecule has 0 bridgehead atoms. The van der Waals surface area contributed by atoms with Gasteiger partial charge in [0.1, 0.15) is 18.5 Å². The Hall–Kier alpha value is -4.11. The van der Waals surface area contributed by atoms with Crippen molar-refractivity contribution in [2.75, 3.05) is 14.2 Å². The van der Waals surface area contributed by atoms with Crippen LogP contribution < -0.4 is 18.8 Å². The molecule has 3 aromatic carbocycles. The second kappa shape index (κ2) is 10.9. The fourth-order valence-corrected chi connectivity index (χ4v) is 3.51. The minimum absolute atomic E-state index is 0.0314. The molecule has 0 saturated carbocycles. The quantitative estimate of drug-likeness (QED) is 0.0513. The highest BCUT2D eigenvalue weighted by molar-refractivity contribution is 7.86. The van der Waals surface area contributed by atoms with Crippen molar-refractivity contribution >= 4 is 37.9 Å². The number of alkyl halides is 3. The van der Waals surface area contributed by atoms with Crippen LogP contribution in [0.5, 0.6) is 17.2 Å². The van der Waals surface area contributed by atoms with Gasteiger partial charge in [0.05, 0.1) is 30.6 Å². The maximum absolute atomic E-state index is 14.1. The first-order valence-electron chi connectivity index (χ1n) is 10.5. The molecule has 0 unspecified atom stereocenters. The van der Waals surface area contributed by atoms with Gasteiger partial charge in [-0.15, -0.1) is 0 Å². The highest BCUT2D eigenvalue weighted by atomic mass is 32.2. The predicted molar refractivity (Wildman–Crippen MR) is 123 cm³/mol. The van der Waals surface area contributed by atoms with Crippen LogP contribution in [0.1, 0.15) is 10.4 Å². The van der Waals surface area contributed by atoms with Crippen LogP contribution in [0.4, 0.5) is 26.3 Å². The van der Waals surface area contributed by atoms with Gasteiger partial charge < -0.3 is 18.8 Å². The van der Waals surface area contributed by atoms with Gasteiger partial charge >= 0.3 is 11.5 Å². The topological polar surface area (TPSA) is 106 Å². The van der Waals surface area contributed by atoms with Crippen LogP contribution in [0.25, 0.3) is 21.8 Å². The van der Waals surface area contributed by atoms with E-state index < -0.39 is 44.8 Å². The number of esters is 1. The summed E-state index contributed by atoms with van der Waals surface area (Å²) in [5.41, 5.74) is -4.33. The van der Waals surface area contributed by atoms with Crippen LogP contribution in [0.15, 0.2) is 48.5 Å². The van der Waals surface area contributed by atoms with Gasteiger partial charge in [0.25, 0.3) is 0 Å². The molecular weight excluding hydrogens is 560 g/mol. The van der Waals surface area contributed by atoms with Crippen molar-refractivity contribution in [3.05, 3.63) is 71.5 Å². The number of halogens is 6. The monoisotopic (exact) mass is 577 g/mol. The average Bonchev–Trinajstić information content (AvgIpc) is 2.87. The standard InChI is InChI=1S/C23H17F3NO4.CHF3O3S/c1-27-18-8-4-12(29-2)10-14(18)20(15-11-13(30-3)5-9-19(15)27)23(28)31-22-17(25)7-6-16(24)21(22)26;2-1(3,4)8(5,6)7/h4-11H,1-3H3;(H,5,6,7)/q+1;/p-1. The Balaban J connectivity index is 0.000000459. The van der Waals surface area contributed by atoms with E-state index in [-0.39, 0.29) is 5.56 Å². The normalized spacial score (nSPS) is 11.6. The second-order valence-corrected chi connectivity index (χ2v) is 9.03. The van der Waals surface area contributed by atoms with E-state index in [1.165, 1.54) is 14.2 Å². The van der Waals surface area contributed by atoms with E-state index >= 15 is 0 Å². The van der Waals surface area contributed by atoms with Gasteiger partial charge in [0.15, 0.2) is 21.8 Å². The number of rotatable bonds is 4. The van der Waals surface area contributed by atoms with E-state index in [0.717, 1.165) is 0 Å². The number of benzene rings is 3. The first-order chi connectivity index (χ1) is 18.1. The molecule has 0 radical (unpaired) electrons. The third kappa shape index (κ3) is 5.98. The molecule has 1 aromatic heterocycles. The lowest BCUT2D eigenvalue weighted by atomic mass is 10.0. The number of aromatic nitrogens is 1. The Morgan fingerprint density at radius 3 is 1.69 bits per heavy atom. The molecule has 0 atom stereocenters. The maximum atomic E-state index is 14.1. The minimum Gasteiger partial charge on any atom is -0.741 e. The summed E-state index contributed by atoms with van der Waals surface area (Å²) in [6, 6.07) is 11.5. The molecule has 0 aliphatic heterocycles. The molecule has 4 rings (SSSR count). The first kappa shape index (κ1) is 29.4. The predicted octanol–water partition coefficient (Wildman–Crippen LogP) is 4.52. The van der Waals surface area contributed by atoms with Crippen LogP contribution in [0, 0.1) is 17.5 Å². The van der Waals surface area contributed by atoms with Crippen molar-refractivity contribution in [1.82, 2.24) is 0 Å². The third-order valence-electron chi connectivity index (χ3n) is 5.35. The summed E-state index contributed by atoms with van der Waals surface area (Å²) in [7, 11) is -1.33.